The van der Waals surface area contributed by atoms with Crippen LogP contribution in [-0.2, 0) is 6.61 Å². The summed E-state index contributed by atoms with van der Waals surface area (Å²) >= 11 is 0. The molecule has 0 N–H and O–H groups in total. The van der Waals surface area contributed by atoms with Gasteiger partial charge in [0, 0.05) is 28.8 Å². The Morgan fingerprint density at radius 3 is 2.57 bits per heavy atom. The molecule has 6 nitrogen and oxygen atoms in total. The number of ether oxygens (including phenoxy) is 1. The van der Waals surface area contributed by atoms with Crippen LogP contribution in [0.2, 0.25) is 0 Å². The molecule has 0 saturated carbocycles. The van der Waals surface area contributed by atoms with E-state index in [0.717, 1.165) is 6.07 Å². The van der Waals surface area contributed by atoms with Gasteiger partial charge in [-0.25, -0.2) is 4.39 Å². The van der Waals surface area contributed by atoms with Gasteiger partial charge in [0.1, 0.15) is 29.8 Å². The molecule has 0 atom stereocenters. The van der Waals surface area contributed by atoms with Gasteiger partial charge in [0.2, 0.25) is 5.78 Å². The van der Waals surface area contributed by atoms with Crippen molar-refractivity contribution in [3.05, 3.63) is 111 Å². The third-order valence-electron chi connectivity index (χ3n) is 4.24. The van der Waals surface area contributed by atoms with Gasteiger partial charge in [0.15, 0.2) is 0 Å². The molecular formula is C23H15FN2O4. The van der Waals surface area contributed by atoms with Gasteiger partial charge in [0.05, 0.1) is 4.92 Å². The fraction of sp³-hybridized carbons (Fsp3) is 0.0435. The molecule has 7 heteroatoms. The summed E-state index contributed by atoms with van der Waals surface area (Å²) in [4.78, 5) is 23.0. The predicted octanol–water partition coefficient (Wildman–Crippen LogP) is 5.10. The van der Waals surface area contributed by atoms with E-state index < -0.39 is 16.5 Å². The molecule has 3 aromatic rings. The average molecular weight is 402 g/mol. The lowest BCUT2D eigenvalue weighted by Crippen LogP contribution is -2.03. The zero-order valence-corrected chi connectivity index (χ0v) is 15.6. The van der Waals surface area contributed by atoms with Crippen LogP contribution in [0.4, 0.5) is 10.1 Å². The van der Waals surface area contributed by atoms with Crippen LogP contribution in [0.3, 0.4) is 0 Å². The zero-order chi connectivity index (χ0) is 21.5. The normalized spacial score (nSPS) is 10.9. The second kappa shape index (κ2) is 9.26. The molecule has 0 aliphatic carbocycles. The van der Waals surface area contributed by atoms with Crippen LogP contribution in [0.1, 0.15) is 21.5 Å². The summed E-state index contributed by atoms with van der Waals surface area (Å²) < 4.78 is 19.5. The molecule has 0 aliphatic rings. The Morgan fingerprint density at radius 2 is 1.83 bits per heavy atom. The number of allylic oxidation sites excluding steroid dienone is 1. The summed E-state index contributed by atoms with van der Waals surface area (Å²) in [6.07, 6.45) is 1.35. The number of hydrogen-bond acceptors (Lipinski definition) is 5. The van der Waals surface area contributed by atoms with Gasteiger partial charge < -0.3 is 4.74 Å². The van der Waals surface area contributed by atoms with Crippen molar-refractivity contribution in [2.75, 3.05) is 0 Å². The highest BCUT2D eigenvalue weighted by Gasteiger charge is 2.16. The fourth-order valence-electron chi connectivity index (χ4n) is 2.72. The van der Waals surface area contributed by atoms with Crippen LogP contribution in [0.15, 0.2) is 78.4 Å². The van der Waals surface area contributed by atoms with E-state index in [0.29, 0.717) is 16.9 Å². The largest absolute Gasteiger partial charge is 0.488 e. The Balaban J connectivity index is 1.88. The third-order valence-corrected chi connectivity index (χ3v) is 4.24. The zero-order valence-electron chi connectivity index (χ0n) is 15.6. The molecule has 0 heterocycles. The second-order valence-electron chi connectivity index (χ2n) is 6.22. The summed E-state index contributed by atoms with van der Waals surface area (Å²) in [5, 5.41) is 20.4. The lowest BCUT2D eigenvalue weighted by atomic mass is 10.0. The molecule has 3 rings (SSSR count). The van der Waals surface area contributed by atoms with Crippen LogP contribution in [0, 0.1) is 27.3 Å². The summed E-state index contributed by atoms with van der Waals surface area (Å²) in [5.41, 5.74) is 0.389. The maximum absolute atomic E-state index is 13.8. The van der Waals surface area contributed by atoms with E-state index >= 15 is 0 Å². The van der Waals surface area contributed by atoms with Crippen LogP contribution in [0.5, 0.6) is 5.75 Å². The van der Waals surface area contributed by atoms with Crippen molar-refractivity contribution < 1.29 is 18.8 Å². The first kappa shape index (κ1) is 20.4. The number of halogens is 1. The van der Waals surface area contributed by atoms with Gasteiger partial charge in [-0.05, 0) is 18.2 Å². The monoisotopic (exact) mass is 402 g/mol. The van der Waals surface area contributed by atoms with Gasteiger partial charge in [-0.3, -0.25) is 14.9 Å². The van der Waals surface area contributed by atoms with Crippen molar-refractivity contribution in [2.24, 2.45) is 0 Å². The van der Waals surface area contributed by atoms with Gasteiger partial charge >= 0.3 is 0 Å². The minimum Gasteiger partial charge on any atom is -0.488 e. The molecule has 0 radical (unpaired) electrons. The fourth-order valence-corrected chi connectivity index (χ4v) is 2.72. The molecule has 0 saturated heterocycles. The highest BCUT2D eigenvalue weighted by Crippen LogP contribution is 2.24. The van der Waals surface area contributed by atoms with Crippen molar-refractivity contribution in [2.45, 2.75) is 6.61 Å². The number of para-hydroxylation sites is 1. The van der Waals surface area contributed by atoms with E-state index in [1.54, 1.807) is 42.5 Å². The Morgan fingerprint density at radius 1 is 1.10 bits per heavy atom. The van der Waals surface area contributed by atoms with Crippen molar-refractivity contribution in [1.82, 2.24) is 0 Å². The SMILES string of the molecule is N#C/C(=C\c1ccccc1OCc1ccccc1F)C(=O)c1cccc([N+](=O)[O-])c1. The lowest BCUT2D eigenvalue weighted by molar-refractivity contribution is -0.384. The molecule has 148 valence electrons. The van der Waals surface area contributed by atoms with E-state index in [1.165, 1.54) is 30.3 Å². The van der Waals surface area contributed by atoms with Gasteiger partial charge in [0.25, 0.3) is 5.69 Å². The van der Waals surface area contributed by atoms with Gasteiger partial charge in [-0.1, -0.05) is 48.5 Å². The van der Waals surface area contributed by atoms with E-state index in [1.807, 2.05) is 6.07 Å². The number of rotatable bonds is 7. The quantitative estimate of drug-likeness (QED) is 0.180. The smallest absolute Gasteiger partial charge is 0.270 e. The van der Waals surface area contributed by atoms with Crippen molar-refractivity contribution >= 4 is 17.5 Å². The van der Waals surface area contributed by atoms with Crippen LogP contribution in [0.25, 0.3) is 6.08 Å². The topological polar surface area (TPSA) is 93.2 Å². The molecule has 0 aliphatic heterocycles. The molecule has 0 fully saturated rings. The van der Waals surface area contributed by atoms with Gasteiger partial charge in [-0.2, -0.15) is 5.26 Å². The molecule has 0 unspecified atom stereocenters. The maximum atomic E-state index is 13.8. The van der Waals surface area contributed by atoms with Gasteiger partial charge in [-0.15, -0.1) is 0 Å². The summed E-state index contributed by atoms with van der Waals surface area (Å²) in [6, 6.07) is 19.9. The van der Waals surface area contributed by atoms with Crippen molar-refractivity contribution in [3.8, 4) is 11.8 Å². The van der Waals surface area contributed by atoms with E-state index in [4.69, 9.17) is 4.74 Å². The number of benzene rings is 3. The number of nitriles is 1. The molecule has 0 bridgehead atoms. The maximum Gasteiger partial charge on any atom is 0.270 e. The van der Waals surface area contributed by atoms with Crippen molar-refractivity contribution in [1.29, 1.82) is 5.26 Å². The number of Topliss-reactive ketones (excluding diaryl/α,β-unsaturated/α-hetero) is 1. The summed E-state index contributed by atoms with van der Waals surface area (Å²) in [6.45, 7) is -0.0295. The van der Waals surface area contributed by atoms with E-state index in [2.05, 4.69) is 0 Å². The standard InChI is InChI=1S/C23H15FN2O4/c24-21-10-3-1-7-18(21)15-30-22-11-4-2-6-16(22)12-19(14-25)23(27)17-8-5-9-20(13-17)26(28)29/h1-13H,15H2/b19-12+. The minimum atomic E-state index is -0.648. The molecule has 0 amide bonds. The highest BCUT2D eigenvalue weighted by atomic mass is 19.1. The van der Waals surface area contributed by atoms with Crippen LogP contribution in [-0.4, -0.2) is 10.7 Å². The molecule has 30 heavy (non-hydrogen) atoms. The average Bonchev–Trinajstić information content (AvgIpc) is 2.77. The number of ketones is 1. The number of carbonyl (C=O) groups is 1. The Kier molecular flexibility index (Phi) is 6.30. The first-order valence-corrected chi connectivity index (χ1v) is 8.86. The minimum absolute atomic E-state index is 0.0294. The Bertz CT molecular complexity index is 1180. The second-order valence-corrected chi connectivity index (χ2v) is 6.22. The first-order valence-electron chi connectivity index (χ1n) is 8.86. The molecular weight excluding hydrogens is 387 g/mol. The number of nitrogens with zero attached hydrogens (tertiary/aromatic N) is 2. The van der Waals surface area contributed by atoms with E-state index in [-0.39, 0.29) is 23.4 Å². The molecule has 0 aromatic heterocycles. The Hall–Kier alpha value is -4.31. The van der Waals surface area contributed by atoms with Crippen LogP contribution >= 0.6 is 0 Å². The predicted molar refractivity (Wildman–Crippen MR) is 108 cm³/mol. The molecule has 3 aromatic carbocycles. The van der Waals surface area contributed by atoms with E-state index in [9.17, 15) is 24.6 Å². The number of carbonyl (C=O) groups excluding carboxylic acids is 1. The first-order chi connectivity index (χ1) is 14.5. The number of nitro groups is 1. The van der Waals surface area contributed by atoms with Crippen molar-refractivity contribution in [3.63, 3.8) is 0 Å². The number of nitro benzene ring substituents is 1. The third kappa shape index (κ3) is 4.75. The Labute approximate surface area is 171 Å². The number of hydrogen-bond donors (Lipinski definition) is 0. The summed E-state index contributed by atoms with van der Waals surface area (Å²) in [5.74, 6) is -0.686. The summed E-state index contributed by atoms with van der Waals surface area (Å²) in [7, 11) is 0. The lowest BCUT2D eigenvalue weighted by Gasteiger charge is -2.10. The molecule has 0 spiro atoms. The van der Waals surface area contributed by atoms with Crippen LogP contribution < -0.4 is 4.74 Å². The number of non-ortho nitro benzene ring substituents is 1. The highest BCUT2D eigenvalue weighted by molar-refractivity contribution is 6.14.